The van der Waals surface area contributed by atoms with Crippen molar-refractivity contribution in [2.24, 2.45) is 5.73 Å². The van der Waals surface area contributed by atoms with E-state index in [-0.39, 0.29) is 47.5 Å². The first-order valence-corrected chi connectivity index (χ1v) is 23.7. The van der Waals surface area contributed by atoms with Crippen molar-refractivity contribution in [3.8, 4) is 0 Å². The normalized spacial score (nSPS) is 24.2. The molecule has 1 aromatic heterocycles. The van der Waals surface area contributed by atoms with E-state index >= 15 is 0 Å². The number of aryl methyl sites for hydroxylation is 1. The quantitative estimate of drug-likeness (QED) is 0.183. The molecular formula is C31H54N4O12SSi2. The number of carbonyl (C=O) groups is 2. The molecule has 0 saturated carbocycles. The number of nitrogens with two attached hydrogens (primary N) is 1. The summed E-state index contributed by atoms with van der Waals surface area (Å²) in [5.41, 5.74) is 3.21. The molecule has 2 aliphatic rings. The minimum absolute atomic E-state index is 0.0293. The lowest BCUT2D eigenvalue weighted by Crippen LogP contribution is -2.59. The number of aromatic nitrogens is 2. The van der Waals surface area contributed by atoms with Crippen molar-refractivity contribution in [3.63, 3.8) is 0 Å². The highest BCUT2D eigenvalue weighted by atomic mass is 32.2. The third kappa shape index (κ3) is 8.68. The second-order valence-electron chi connectivity index (χ2n) is 16.1. The molecular weight excluding hydrogens is 709 g/mol. The number of carboxylic acid groups (broad SMARTS) is 2. The van der Waals surface area contributed by atoms with Crippen molar-refractivity contribution in [2.75, 3.05) is 26.2 Å². The third-order valence-corrected chi connectivity index (χ3v) is 20.3. The van der Waals surface area contributed by atoms with E-state index < -0.39 is 87.1 Å². The van der Waals surface area contributed by atoms with Crippen molar-refractivity contribution >= 4 is 38.7 Å². The van der Waals surface area contributed by atoms with Crippen LogP contribution in [0.2, 0.25) is 36.3 Å². The summed E-state index contributed by atoms with van der Waals surface area (Å²) in [4.78, 5) is 51.3. The Morgan fingerprint density at radius 3 is 2.02 bits per heavy atom. The molecule has 284 valence electrons. The van der Waals surface area contributed by atoms with Crippen molar-refractivity contribution in [3.05, 3.63) is 43.7 Å². The lowest BCUT2D eigenvalue weighted by molar-refractivity contribution is -0.141. The van der Waals surface area contributed by atoms with Crippen LogP contribution in [-0.2, 0) is 44.0 Å². The molecule has 0 aliphatic carbocycles. The van der Waals surface area contributed by atoms with E-state index in [1.54, 1.807) is 0 Å². The molecule has 19 heteroatoms. The van der Waals surface area contributed by atoms with Gasteiger partial charge in [-0.2, -0.15) is 8.42 Å². The fourth-order valence-electron chi connectivity index (χ4n) is 5.40. The molecule has 0 aromatic carbocycles. The average molecular weight is 763 g/mol. The van der Waals surface area contributed by atoms with Crippen LogP contribution in [-0.4, -0.2) is 105 Å². The van der Waals surface area contributed by atoms with Gasteiger partial charge >= 0.3 is 17.6 Å². The monoisotopic (exact) mass is 762 g/mol. The Kier molecular flexibility index (Phi) is 12.0. The van der Waals surface area contributed by atoms with Crippen LogP contribution in [0.1, 0.15) is 59.8 Å². The SMILES string of the molecule is Cc1cn([C@@H]2O[C@H](CO[Si](C)(C)C(C)(C)C)C3(OS(=O)(=O)C=C3N)[C@H]2O[Si](C)(C)C(C)(C)C)c(=O)n(CCCN(CC(=O)O)CC(=O)O)c1=O. The van der Waals surface area contributed by atoms with Gasteiger partial charge in [0.05, 0.1) is 30.8 Å². The Morgan fingerprint density at radius 1 is 1.02 bits per heavy atom. The van der Waals surface area contributed by atoms with Crippen LogP contribution in [0.25, 0.3) is 0 Å². The standard InChI is InChI=1S/C31H54N4O12SSi2/c1-20-15-35(28(41)34(26(20)40)14-12-13-33(16-23(36)37)17-24(38)39)27-25(46-50(10,11)30(5,6)7)31(21(32)19-48(42,43)47-31)22(45-27)18-44-49(8,9)29(2,3)4/h15,19,22,25,27H,12-14,16-18,32H2,1-11H3,(H,36,37)(H,38,39)/t22-,25+,27-,31?/m1/s1. The van der Waals surface area contributed by atoms with Gasteiger partial charge in [0.1, 0.15) is 12.2 Å². The first kappa shape index (κ1) is 41.8. The summed E-state index contributed by atoms with van der Waals surface area (Å²) in [5.74, 6) is -2.45. The Morgan fingerprint density at radius 2 is 1.56 bits per heavy atom. The predicted molar refractivity (Wildman–Crippen MR) is 190 cm³/mol. The topological polar surface area (TPSA) is 219 Å². The second kappa shape index (κ2) is 14.4. The minimum Gasteiger partial charge on any atom is -0.480 e. The summed E-state index contributed by atoms with van der Waals surface area (Å²) >= 11 is 0. The highest BCUT2D eigenvalue weighted by Gasteiger charge is 2.67. The van der Waals surface area contributed by atoms with E-state index in [9.17, 15) is 37.8 Å². The predicted octanol–water partition coefficient (Wildman–Crippen LogP) is 2.39. The van der Waals surface area contributed by atoms with Crippen LogP contribution in [0.4, 0.5) is 0 Å². The maximum Gasteiger partial charge on any atom is 0.333 e. The molecule has 1 saturated heterocycles. The zero-order valence-corrected chi connectivity index (χ0v) is 33.8. The number of rotatable bonds is 14. The lowest BCUT2D eigenvalue weighted by atomic mass is 9.89. The molecule has 4 atom stereocenters. The maximum atomic E-state index is 14.2. The fourth-order valence-corrected chi connectivity index (χ4v) is 8.91. The Labute approximate surface area is 295 Å². The maximum absolute atomic E-state index is 14.2. The van der Waals surface area contributed by atoms with Gasteiger partial charge in [0.25, 0.3) is 15.7 Å². The molecule has 3 heterocycles. The van der Waals surface area contributed by atoms with Crippen molar-refractivity contribution in [1.29, 1.82) is 0 Å². The summed E-state index contributed by atoms with van der Waals surface area (Å²) < 4.78 is 54.2. The number of hydrogen-bond donors (Lipinski definition) is 3. The van der Waals surface area contributed by atoms with Crippen LogP contribution < -0.4 is 17.0 Å². The van der Waals surface area contributed by atoms with Crippen LogP contribution in [0, 0.1) is 6.92 Å². The largest absolute Gasteiger partial charge is 0.480 e. The zero-order chi connectivity index (χ0) is 38.4. The Hall–Kier alpha value is -2.66. The van der Waals surface area contributed by atoms with Gasteiger partial charge in [-0.25, -0.2) is 8.98 Å². The molecule has 1 fully saturated rings. The molecule has 1 unspecified atom stereocenters. The Bertz CT molecular complexity index is 1710. The summed E-state index contributed by atoms with van der Waals surface area (Å²) in [6.07, 6.45) is -2.37. The van der Waals surface area contributed by atoms with Crippen LogP contribution in [0.5, 0.6) is 0 Å². The smallest absolute Gasteiger partial charge is 0.333 e. The minimum atomic E-state index is -4.31. The highest BCUT2D eigenvalue weighted by Crippen LogP contribution is 2.52. The van der Waals surface area contributed by atoms with E-state index in [2.05, 4.69) is 20.8 Å². The fraction of sp³-hybridized carbons (Fsp3) is 0.742. The summed E-state index contributed by atoms with van der Waals surface area (Å²) in [5, 5.41) is 18.6. The van der Waals surface area contributed by atoms with E-state index in [1.165, 1.54) is 22.6 Å². The number of carboxylic acids is 2. The van der Waals surface area contributed by atoms with E-state index in [1.807, 2.05) is 47.0 Å². The zero-order valence-electron chi connectivity index (χ0n) is 30.9. The van der Waals surface area contributed by atoms with E-state index in [0.29, 0.717) is 0 Å². The van der Waals surface area contributed by atoms with Gasteiger partial charge in [0, 0.05) is 24.8 Å². The van der Waals surface area contributed by atoms with E-state index in [4.69, 9.17) is 23.5 Å². The summed E-state index contributed by atoms with van der Waals surface area (Å²) in [7, 11) is -9.56. The van der Waals surface area contributed by atoms with Gasteiger partial charge in [-0.15, -0.1) is 0 Å². The van der Waals surface area contributed by atoms with Gasteiger partial charge in [-0.05, 0) is 49.6 Å². The van der Waals surface area contributed by atoms with E-state index in [0.717, 1.165) is 9.98 Å². The van der Waals surface area contributed by atoms with Crippen molar-refractivity contribution < 1.29 is 46.0 Å². The van der Waals surface area contributed by atoms with Gasteiger partial charge in [-0.1, -0.05) is 41.5 Å². The lowest BCUT2D eigenvalue weighted by Gasteiger charge is -2.43. The molecule has 50 heavy (non-hydrogen) atoms. The number of nitrogens with zero attached hydrogens (tertiary/aromatic N) is 3. The van der Waals surface area contributed by atoms with Gasteiger partial charge < -0.3 is 29.5 Å². The molecule has 2 aliphatic heterocycles. The molecule has 0 radical (unpaired) electrons. The second-order valence-corrected chi connectivity index (χ2v) is 27.1. The average Bonchev–Trinajstić information content (AvgIpc) is 3.35. The Balaban J connectivity index is 2.19. The molecule has 4 N–H and O–H groups in total. The van der Waals surface area contributed by atoms with Crippen LogP contribution in [0.15, 0.2) is 26.9 Å². The number of ether oxygens (including phenoxy) is 1. The highest BCUT2D eigenvalue weighted by molar-refractivity contribution is 7.90. The summed E-state index contributed by atoms with van der Waals surface area (Å²) in [6.45, 7) is 20.2. The van der Waals surface area contributed by atoms with Gasteiger partial charge in [-0.3, -0.25) is 28.4 Å². The first-order chi connectivity index (χ1) is 22.6. The molecule has 1 aromatic rings. The van der Waals surface area contributed by atoms with Crippen LogP contribution in [0.3, 0.4) is 0 Å². The van der Waals surface area contributed by atoms with Crippen molar-refractivity contribution in [1.82, 2.24) is 14.0 Å². The van der Waals surface area contributed by atoms with Gasteiger partial charge in [0.15, 0.2) is 28.5 Å². The molecule has 0 amide bonds. The third-order valence-electron chi connectivity index (χ3n) is 10.3. The molecule has 1 spiro atoms. The number of hydrogen-bond acceptors (Lipinski definition) is 12. The van der Waals surface area contributed by atoms with Crippen molar-refractivity contribution in [2.45, 2.75) is 122 Å². The molecule has 0 bridgehead atoms. The molecule has 3 rings (SSSR count). The number of aliphatic carboxylic acids is 2. The summed E-state index contributed by atoms with van der Waals surface area (Å²) in [6, 6.07) is 0. The van der Waals surface area contributed by atoms with Gasteiger partial charge in [0.2, 0.25) is 0 Å². The first-order valence-electron chi connectivity index (χ1n) is 16.5. The van der Waals surface area contributed by atoms with Crippen LogP contribution >= 0.6 is 0 Å². The molecule has 16 nitrogen and oxygen atoms in total.